The number of nitrogens with zero attached hydrogens (tertiary/aromatic N) is 2. The van der Waals surface area contributed by atoms with Crippen LogP contribution in [0.5, 0.6) is 0 Å². The molecule has 2 saturated heterocycles. The predicted molar refractivity (Wildman–Crippen MR) is 107 cm³/mol. The number of hydrogen-bond donors (Lipinski definition) is 4. The van der Waals surface area contributed by atoms with Gasteiger partial charge in [-0.05, 0) is 37.9 Å². The number of piperidine rings is 1. The number of nitrogen functional groups attached to an aromatic ring is 1. The van der Waals surface area contributed by atoms with Crippen LogP contribution in [0.3, 0.4) is 0 Å². The van der Waals surface area contributed by atoms with Crippen LogP contribution >= 0.6 is 0 Å². The van der Waals surface area contributed by atoms with Gasteiger partial charge in [0.15, 0.2) is 0 Å². The van der Waals surface area contributed by atoms with Crippen LogP contribution in [0.25, 0.3) is 0 Å². The number of aliphatic hydroxyl groups excluding tert-OH is 1. The summed E-state index contributed by atoms with van der Waals surface area (Å²) in [6.45, 7) is 0.329. The molecule has 0 aromatic heterocycles. The van der Waals surface area contributed by atoms with E-state index >= 15 is 0 Å². The monoisotopic (exact) mass is 432 g/mol. The van der Waals surface area contributed by atoms with Crippen LogP contribution in [0.4, 0.5) is 5.69 Å². The predicted octanol–water partition coefficient (Wildman–Crippen LogP) is -0.802. The maximum Gasteiger partial charge on any atom is 0.320 e. The van der Waals surface area contributed by atoms with Crippen LogP contribution in [0.15, 0.2) is 18.2 Å². The molecule has 4 rings (SSSR count). The quantitative estimate of drug-likeness (QED) is 0.351. The fraction of sp³-hybridized carbons (Fsp3) is 0.450. The average Bonchev–Trinajstić information content (AvgIpc) is 3.35. The number of hydrogen-bond acceptors (Lipinski definition) is 8. The molecule has 166 valence electrons. The van der Waals surface area contributed by atoms with Crippen LogP contribution in [0, 0.1) is 0 Å². The van der Waals surface area contributed by atoms with E-state index in [2.05, 4.69) is 5.32 Å². The molecule has 2 atom stereocenters. The molecule has 0 saturated carbocycles. The first-order valence-corrected chi connectivity index (χ1v) is 9.95. The number of carboxylic acid groups (broad SMARTS) is 1. The first-order chi connectivity index (χ1) is 14.8. The lowest BCUT2D eigenvalue weighted by atomic mass is 10.0. The fourth-order valence-electron chi connectivity index (χ4n) is 3.90. The van der Waals surface area contributed by atoms with Crippen molar-refractivity contribution < 1.29 is 34.2 Å². The maximum absolute atomic E-state index is 12.5. The molecule has 11 heteroatoms. The second kappa shape index (κ2) is 9.23. The first kappa shape index (κ1) is 22.4. The third kappa shape index (κ3) is 4.28. The average molecular weight is 432 g/mol. The van der Waals surface area contributed by atoms with Gasteiger partial charge in [0.2, 0.25) is 5.91 Å². The number of β-amino-alcohol motifs (C(OH)–C–C–N with tert-alkyl or cyclic N) is 1. The zero-order chi connectivity index (χ0) is 22.7. The molecule has 2 fully saturated rings. The number of carbonyl (C=O) groups excluding carboxylic acids is 4. The van der Waals surface area contributed by atoms with Gasteiger partial charge in [0, 0.05) is 12.1 Å². The number of imide groups is 2. The molecule has 3 heterocycles. The molecule has 4 amide bonds. The van der Waals surface area contributed by atoms with E-state index in [0.717, 1.165) is 29.2 Å². The second-order valence-corrected chi connectivity index (χ2v) is 7.40. The van der Waals surface area contributed by atoms with Crippen molar-refractivity contribution in [2.24, 2.45) is 0 Å². The first-order valence-electron chi connectivity index (χ1n) is 9.95. The van der Waals surface area contributed by atoms with E-state index in [1.54, 1.807) is 6.07 Å². The van der Waals surface area contributed by atoms with Crippen molar-refractivity contribution in [3.8, 4) is 0 Å². The molecule has 0 spiro atoms. The highest BCUT2D eigenvalue weighted by Gasteiger charge is 2.47. The minimum absolute atomic E-state index is 0.0271. The third-order valence-electron chi connectivity index (χ3n) is 5.46. The molecular weight excluding hydrogens is 408 g/mol. The van der Waals surface area contributed by atoms with E-state index < -0.39 is 35.6 Å². The number of nitrogens with two attached hydrogens (primary N) is 1. The molecule has 0 bridgehead atoms. The number of benzene rings is 1. The van der Waals surface area contributed by atoms with Gasteiger partial charge in [0.1, 0.15) is 12.1 Å². The Hall–Kier alpha value is -3.31. The van der Waals surface area contributed by atoms with Crippen molar-refractivity contribution in [3.63, 3.8) is 0 Å². The molecule has 0 aliphatic carbocycles. The van der Waals surface area contributed by atoms with Crippen LogP contribution in [0.1, 0.15) is 46.4 Å². The SMILES string of the molecule is Nc1cccc2c1C(=O)N(C1CCC(=O)N(CCO)C1=O)C2=O.O=C(O)[C@@H]1CCCN1. The van der Waals surface area contributed by atoms with Crippen LogP contribution in [-0.2, 0) is 14.4 Å². The van der Waals surface area contributed by atoms with E-state index in [1.807, 2.05) is 0 Å². The Balaban J connectivity index is 0.000000287. The lowest BCUT2D eigenvalue weighted by molar-refractivity contribution is -0.152. The van der Waals surface area contributed by atoms with Crippen molar-refractivity contribution in [1.29, 1.82) is 0 Å². The Kier molecular flexibility index (Phi) is 6.66. The standard InChI is InChI=1S/C15H15N3O5.C5H9NO2/c16-9-3-1-2-8-12(9)15(23)18(13(8)21)10-4-5-11(20)17(6-7-19)14(10)22;7-5(8)4-2-1-3-6-4/h1-3,10,19H,4-7,16H2;4,6H,1-3H2,(H,7,8)/t;4-/m.0/s1. The third-order valence-corrected chi connectivity index (χ3v) is 5.46. The lowest BCUT2D eigenvalue weighted by Crippen LogP contribution is -2.56. The lowest BCUT2D eigenvalue weighted by Gasteiger charge is -2.34. The Labute approximate surface area is 177 Å². The van der Waals surface area contributed by atoms with Crippen molar-refractivity contribution >= 4 is 35.3 Å². The summed E-state index contributed by atoms with van der Waals surface area (Å²) >= 11 is 0. The van der Waals surface area contributed by atoms with E-state index in [1.165, 1.54) is 12.1 Å². The number of carboxylic acids is 1. The largest absolute Gasteiger partial charge is 0.480 e. The Morgan fingerprint density at radius 3 is 2.45 bits per heavy atom. The van der Waals surface area contributed by atoms with Gasteiger partial charge in [-0.3, -0.25) is 33.8 Å². The van der Waals surface area contributed by atoms with Gasteiger partial charge in [-0.1, -0.05) is 6.07 Å². The molecule has 11 nitrogen and oxygen atoms in total. The summed E-state index contributed by atoms with van der Waals surface area (Å²) in [5.74, 6) is -3.00. The summed E-state index contributed by atoms with van der Waals surface area (Å²) in [5.41, 5.74) is 6.20. The molecule has 1 unspecified atom stereocenters. The highest BCUT2D eigenvalue weighted by molar-refractivity contribution is 6.25. The number of aliphatic carboxylic acids is 1. The fourth-order valence-corrected chi connectivity index (χ4v) is 3.90. The zero-order valence-corrected chi connectivity index (χ0v) is 16.7. The van der Waals surface area contributed by atoms with Crippen molar-refractivity contribution in [2.75, 3.05) is 25.4 Å². The molecule has 1 aromatic rings. The van der Waals surface area contributed by atoms with Gasteiger partial charge in [-0.15, -0.1) is 0 Å². The van der Waals surface area contributed by atoms with Gasteiger partial charge in [0.25, 0.3) is 17.7 Å². The number of carbonyl (C=O) groups is 5. The summed E-state index contributed by atoms with van der Waals surface area (Å²) in [4.78, 5) is 61.2. The molecule has 31 heavy (non-hydrogen) atoms. The van der Waals surface area contributed by atoms with Crippen LogP contribution in [-0.4, -0.2) is 81.4 Å². The summed E-state index contributed by atoms with van der Waals surface area (Å²) in [7, 11) is 0. The summed E-state index contributed by atoms with van der Waals surface area (Å²) in [5, 5.41) is 20.2. The molecular formula is C20H24N4O7. The van der Waals surface area contributed by atoms with E-state index in [9.17, 15) is 24.0 Å². The summed E-state index contributed by atoms with van der Waals surface area (Å²) in [6, 6.07) is 3.24. The van der Waals surface area contributed by atoms with E-state index in [-0.39, 0.29) is 48.8 Å². The number of nitrogens with one attached hydrogen (secondary N) is 1. The zero-order valence-electron chi connectivity index (χ0n) is 16.7. The molecule has 0 radical (unpaired) electrons. The minimum atomic E-state index is -1.05. The van der Waals surface area contributed by atoms with Gasteiger partial charge in [-0.25, -0.2) is 0 Å². The summed E-state index contributed by atoms with van der Waals surface area (Å²) in [6.07, 6.45) is 1.89. The van der Waals surface area contributed by atoms with Crippen molar-refractivity contribution in [2.45, 2.75) is 37.8 Å². The normalized spacial score (nSPS) is 23.0. The number of aliphatic hydroxyl groups is 1. The smallest absolute Gasteiger partial charge is 0.320 e. The number of anilines is 1. The summed E-state index contributed by atoms with van der Waals surface area (Å²) < 4.78 is 0. The van der Waals surface area contributed by atoms with Crippen LogP contribution in [0.2, 0.25) is 0 Å². The number of amides is 4. The molecule has 1 aromatic carbocycles. The van der Waals surface area contributed by atoms with Gasteiger partial charge < -0.3 is 21.3 Å². The van der Waals surface area contributed by atoms with Gasteiger partial charge in [0.05, 0.1) is 24.3 Å². The van der Waals surface area contributed by atoms with Crippen molar-refractivity contribution in [3.05, 3.63) is 29.3 Å². The Morgan fingerprint density at radius 1 is 1.16 bits per heavy atom. The van der Waals surface area contributed by atoms with E-state index in [4.69, 9.17) is 15.9 Å². The van der Waals surface area contributed by atoms with Gasteiger partial charge >= 0.3 is 5.97 Å². The van der Waals surface area contributed by atoms with Crippen molar-refractivity contribution in [1.82, 2.24) is 15.1 Å². The highest BCUT2D eigenvalue weighted by atomic mass is 16.4. The van der Waals surface area contributed by atoms with E-state index in [0.29, 0.717) is 0 Å². The molecule has 3 aliphatic rings. The highest BCUT2D eigenvalue weighted by Crippen LogP contribution is 2.31. The number of likely N-dealkylation sites (tertiary alicyclic amines) is 1. The number of rotatable bonds is 4. The topological polar surface area (TPSA) is 170 Å². The molecule has 5 N–H and O–H groups in total. The Bertz CT molecular complexity index is 926. The maximum atomic E-state index is 12.5. The molecule has 3 aliphatic heterocycles. The second-order valence-electron chi connectivity index (χ2n) is 7.40. The minimum Gasteiger partial charge on any atom is -0.480 e. The van der Waals surface area contributed by atoms with Gasteiger partial charge in [-0.2, -0.15) is 0 Å². The Morgan fingerprint density at radius 2 is 1.90 bits per heavy atom. The van der Waals surface area contributed by atoms with Crippen LogP contribution < -0.4 is 11.1 Å². The number of fused-ring (bicyclic) bond motifs is 1.